The Morgan fingerprint density at radius 1 is 1.13 bits per heavy atom. The van der Waals surface area contributed by atoms with Gasteiger partial charge in [0.2, 0.25) is 0 Å². The van der Waals surface area contributed by atoms with E-state index in [2.05, 4.69) is 0 Å². The molecule has 0 spiro atoms. The molecular weight excluding hydrogens is 396 g/mol. The molecule has 6 unspecified atom stereocenters. The van der Waals surface area contributed by atoms with Crippen molar-refractivity contribution in [2.75, 3.05) is 0 Å². The van der Waals surface area contributed by atoms with Gasteiger partial charge in [-0.15, -0.1) is 0 Å². The van der Waals surface area contributed by atoms with Gasteiger partial charge in [-0.05, 0) is 46.6 Å². The zero-order chi connectivity index (χ0) is 23.7. The van der Waals surface area contributed by atoms with Gasteiger partial charge in [0.05, 0.1) is 11.7 Å². The fourth-order valence-corrected chi connectivity index (χ4v) is 4.97. The molecule has 0 aliphatic heterocycles. The SMILES string of the molecule is C/C=C(\C)C(=O)OC1CC(C)=CC(OC(=O)/C(C)=C/C)C2(C)C(O)CC(O)(C(C)C)C12. The van der Waals surface area contributed by atoms with E-state index in [1.807, 2.05) is 33.8 Å². The number of hydrogen-bond donors (Lipinski definition) is 2. The van der Waals surface area contributed by atoms with E-state index in [-0.39, 0.29) is 12.3 Å². The minimum absolute atomic E-state index is 0.117. The predicted octanol–water partition coefficient (Wildman–Crippen LogP) is 3.87. The predicted molar refractivity (Wildman–Crippen MR) is 119 cm³/mol. The normalized spacial score (nSPS) is 36.5. The number of hydrogen-bond acceptors (Lipinski definition) is 6. The smallest absolute Gasteiger partial charge is 0.333 e. The molecule has 31 heavy (non-hydrogen) atoms. The summed E-state index contributed by atoms with van der Waals surface area (Å²) in [6.07, 6.45) is 3.32. The van der Waals surface area contributed by atoms with Gasteiger partial charge in [0.25, 0.3) is 0 Å². The molecule has 2 aliphatic rings. The molecule has 0 heterocycles. The zero-order valence-electron chi connectivity index (χ0n) is 20.1. The van der Waals surface area contributed by atoms with Crippen LogP contribution >= 0.6 is 0 Å². The summed E-state index contributed by atoms with van der Waals surface area (Å²) < 4.78 is 11.8. The van der Waals surface area contributed by atoms with Crippen LogP contribution in [0.25, 0.3) is 0 Å². The zero-order valence-corrected chi connectivity index (χ0v) is 20.1. The summed E-state index contributed by atoms with van der Waals surface area (Å²) in [4.78, 5) is 25.3. The number of aliphatic hydroxyl groups excluding tert-OH is 1. The third kappa shape index (κ3) is 4.51. The van der Waals surface area contributed by atoms with Crippen LogP contribution in [0.1, 0.15) is 68.2 Å². The molecule has 1 fully saturated rings. The summed E-state index contributed by atoms with van der Waals surface area (Å²) in [5.41, 5.74) is -0.503. The Balaban J connectivity index is 2.61. The van der Waals surface area contributed by atoms with Crippen molar-refractivity contribution in [3.63, 3.8) is 0 Å². The van der Waals surface area contributed by atoms with Crippen LogP contribution in [-0.4, -0.2) is 46.1 Å². The highest BCUT2D eigenvalue weighted by molar-refractivity contribution is 5.88. The molecule has 6 heteroatoms. The van der Waals surface area contributed by atoms with Gasteiger partial charge in [-0.2, -0.15) is 0 Å². The summed E-state index contributed by atoms with van der Waals surface area (Å²) in [5, 5.41) is 23.0. The first kappa shape index (κ1) is 25.3. The maximum atomic E-state index is 12.7. The highest BCUT2D eigenvalue weighted by Crippen LogP contribution is 2.58. The average molecular weight is 435 g/mol. The molecule has 2 N–H and O–H groups in total. The van der Waals surface area contributed by atoms with Crippen LogP contribution in [0, 0.1) is 17.3 Å². The minimum Gasteiger partial charge on any atom is -0.458 e. The molecule has 6 nitrogen and oxygen atoms in total. The molecule has 6 atom stereocenters. The van der Waals surface area contributed by atoms with Crippen LogP contribution in [-0.2, 0) is 19.1 Å². The van der Waals surface area contributed by atoms with Crippen LogP contribution in [0.3, 0.4) is 0 Å². The number of fused-ring (bicyclic) bond motifs is 1. The lowest BCUT2D eigenvalue weighted by Gasteiger charge is -2.45. The number of carbonyl (C=O) groups excluding carboxylic acids is 2. The van der Waals surface area contributed by atoms with Gasteiger partial charge in [0, 0.05) is 35.3 Å². The van der Waals surface area contributed by atoms with Crippen molar-refractivity contribution in [2.45, 2.75) is 92.1 Å². The second-order valence-electron chi connectivity index (χ2n) is 9.64. The largest absolute Gasteiger partial charge is 0.458 e. The number of carbonyl (C=O) groups is 2. The van der Waals surface area contributed by atoms with Crippen LogP contribution in [0.15, 0.2) is 34.9 Å². The van der Waals surface area contributed by atoms with Gasteiger partial charge in [0.15, 0.2) is 0 Å². The molecule has 1 saturated carbocycles. The van der Waals surface area contributed by atoms with Crippen LogP contribution in [0.2, 0.25) is 0 Å². The highest BCUT2D eigenvalue weighted by atomic mass is 16.6. The van der Waals surface area contributed by atoms with E-state index < -0.39 is 47.2 Å². The lowest BCUT2D eigenvalue weighted by Crippen LogP contribution is -2.54. The van der Waals surface area contributed by atoms with Crippen LogP contribution < -0.4 is 0 Å². The van der Waals surface area contributed by atoms with Gasteiger partial charge < -0.3 is 19.7 Å². The second-order valence-corrected chi connectivity index (χ2v) is 9.64. The maximum absolute atomic E-state index is 12.7. The fraction of sp³-hybridized carbons (Fsp3) is 0.680. The second kappa shape index (κ2) is 9.29. The van der Waals surface area contributed by atoms with Gasteiger partial charge in [-0.1, -0.05) is 38.5 Å². The Kier molecular flexibility index (Phi) is 7.59. The van der Waals surface area contributed by atoms with Crippen molar-refractivity contribution in [2.24, 2.45) is 17.3 Å². The van der Waals surface area contributed by atoms with E-state index in [0.717, 1.165) is 5.57 Å². The number of rotatable bonds is 5. The summed E-state index contributed by atoms with van der Waals surface area (Å²) in [7, 11) is 0. The van der Waals surface area contributed by atoms with Crippen LogP contribution in [0.5, 0.6) is 0 Å². The van der Waals surface area contributed by atoms with Crippen LogP contribution in [0.4, 0.5) is 0 Å². The fourth-order valence-electron chi connectivity index (χ4n) is 4.97. The Labute approximate surface area is 186 Å². The lowest BCUT2D eigenvalue weighted by atomic mass is 9.66. The lowest BCUT2D eigenvalue weighted by molar-refractivity contribution is -0.177. The third-order valence-electron chi connectivity index (χ3n) is 7.39. The summed E-state index contributed by atoms with van der Waals surface area (Å²) in [5.74, 6) is -1.75. The van der Waals surface area contributed by atoms with E-state index in [4.69, 9.17) is 9.47 Å². The average Bonchev–Trinajstić information content (AvgIpc) is 2.85. The van der Waals surface area contributed by atoms with E-state index in [1.54, 1.807) is 39.8 Å². The van der Waals surface area contributed by atoms with Crippen molar-refractivity contribution < 1.29 is 29.3 Å². The first-order valence-corrected chi connectivity index (χ1v) is 11.1. The third-order valence-corrected chi connectivity index (χ3v) is 7.39. The molecule has 0 bridgehead atoms. The molecule has 0 saturated heterocycles. The Morgan fingerprint density at radius 3 is 2.13 bits per heavy atom. The molecule has 2 rings (SSSR count). The minimum atomic E-state index is -1.29. The van der Waals surface area contributed by atoms with E-state index in [0.29, 0.717) is 17.6 Å². The highest BCUT2D eigenvalue weighted by Gasteiger charge is 2.67. The molecular formula is C25H38O6. The topological polar surface area (TPSA) is 93.1 Å². The van der Waals surface area contributed by atoms with Crippen molar-refractivity contribution >= 4 is 11.9 Å². The molecule has 0 amide bonds. The monoisotopic (exact) mass is 434 g/mol. The first-order valence-electron chi connectivity index (χ1n) is 11.1. The van der Waals surface area contributed by atoms with E-state index in [1.165, 1.54) is 0 Å². The Morgan fingerprint density at radius 2 is 1.65 bits per heavy atom. The molecule has 0 aromatic heterocycles. The summed E-state index contributed by atoms with van der Waals surface area (Å²) in [6.45, 7) is 14.4. The molecule has 0 aromatic rings. The van der Waals surface area contributed by atoms with Crippen molar-refractivity contribution in [1.29, 1.82) is 0 Å². The van der Waals surface area contributed by atoms with Crippen molar-refractivity contribution in [3.8, 4) is 0 Å². The first-order chi connectivity index (χ1) is 14.3. The Bertz CT molecular complexity index is 807. The molecule has 174 valence electrons. The number of ether oxygens (including phenoxy) is 2. The standard InChI is InChI=1S/C25H38O6/c1-9-16(6)22(27)30-18-11-15(5)12-20(31-23(28)17(7)10-2)24(8)19(26)13-25(29,14(3)4)21(18)24/h9-10,12,14,18-21,26,29H,11,13H2,1-8H3/b16-9+,17-10+. The molecule has 2 aliphatic carbocycles. The van der Waals surface area contributed by atoms with Gasteiger partial charge in [-0.3, -0.25) is 0 Å². The van der Waals surface area contributed by atoms with E-state index >= 15 is 0 Å². The van der Waals surface area contributed by atoms with Crippen molar-refractivity contribution in [1.82, 2.24) is 0 Å². The molecule has 0 aromatic carbocycles. The maximum Gasteiger partial charge on any atom is 0.333 e. The van der Waals surface area contributed by atoms with Gasteiger partial charge in [0.1, 0.15) is 12.2 Å². The number of esters is 2. The van der Waals surface area contributed by atoms with Crippen molar-refractivity contribution in [3.05, 3.63) is 34.9 Å². The summed E-state index contributed by atoms with van der Waals surface area (Å²) >= 11 is 0. The number of allylic oxidation sites excluding steroid dienone is 2. The summed E-state index contributed by atoms with van der Waals surface area (Å²) in [6, 6.07) is 0. The quantitative estimate of drug-likeness (QED) is 0.388. The van der Waals surface area contributed by atoms with E-state index in [9.17, 15) is 19.8 Å². The Hall–Kier alpha value is -1.92. The van der Waals surface area contributed by atoms with Gasteiger partial charge in [-0.25, -0.2) is 9.59 Å². The van der Waals surface area contributed by atoms with Gasteiger partial charge >= 0.3 is 11.9 Å². The molecule has 0 radical (unpaired) electrons. The number of aliphatic hydroxyl groups is 2.